The molecule has 0 radical (unpaired) electrons. The zero-order valence-electron chi connectivity index (χ0n) is 19.1. The van der Waals surface area contributed by atoms with Crippen molar-refractivity contribution >= 4 is 29.7 Å². The summed E-state index contributed by atoms with van der Waals surface area (Å²) in [4.78, 5) is 36.3. The Hall–Kier alpha value is -3.00. The Kier molecular flexibility index (Phi) is 8.02. The van der Waals surface area contributed by atoms with Crippen molar-refractivity contribution in [3.63, 3.8) is 0 Å². The topological polar surface area (TPSA) is 105 Å². The molecule has 2 amide bonds. The number of thioether (sulfide) groups is 1. The van der Waals surface area contributed by atoms with Crippen LogP contribution >= 0.6 is 11.8 Å². The van der Waals surface area contributed by atoms with Crippen LogP contribution in [0, 0.1) is 0 Å². The average Bonchev–Trinajstić information content (AvgIpc) is 3.08. The van der Waals surface area contributed by atoms with Crippen molar-refractivity contribution < 1.29 is 24.2 Å². The smallest absolute Gasteiger partial charge is 0.407 e. The molecule has 3 rings (SSSR count). The number of carboxylic acids is 1. The maximum Gasteiger partial charge on any atom is 0.407 e. The van der Waals surface area contributed by atoms with Gasteiger partial charge in [-0.05, 0) is 54.5 Å². The van der Waals surface area contributed by atoms with Gasteiger partial charge in [-0.15, -0.1) is 0 Å². The number of fused-ring (bicyclic) bond motifs is 3. The first kappa shape index (κ1) is 24.6. The Bertz CT molecular complexity index is 978. The first-order valence-electron chi connectivity index (χ1n) is 10.9. The molecule has 1 unspecified atom stereocenters. The van der Waals surface area contributed by atoms with Crippen LogP contribution in [0.15, 0.2) is 48.5 Å². The lowest BCUT2D eigenvalue weighted by molar-refractivity contribution is -0.142. The second-order valence-corrected chi connectivity index (χ2v) is 9.74. The van der Waals surface area contributed by atoms with E-state index in [9.17, 15) is 19.5 Å². The molecule has 0 spiro atoms. The van der Waals surface area contributed by atoms with Crippen LogP contribution in [0.1, 0.15) is 43.7 Å². The number of amides is 2. The fourth-order valence-electron chi connectivity index (χ4n) is 4.09. The molecular weight excluding hydrogens is 440 g/mol. The summed E-state index contributed by atoms with van der Waals surface area (Å²) in [5.41, 5.74) is 3.63. The predicted octanol–water partition coefficient (Wildman–Crippen LogP) is 4.02. The van der Waals surface area contributed by atoms with E-state index in [-0.39, 0.29) is 18.9 Å². The van der Waals surface area contributed by atoms with Gasteiger partial charge in [0, 0.05) is 17.9 Å². The molecule has 0 bridgehead atoms. The van der Waals surface area contributed by atoms with Gasteiger partial charge in [-0.3, -0.25) is 4.79 Å². The van der Waals surface area contributed by atoms with E-state index in [0.29, 0.717) is 12.2 Å². The minimum absolute atomic E-state index is 0.0534. The third-order valence-electron chi connectivity index (χ3n) is 5.63. The molecule has 0 heterocycles. The minimum atomic E-state index is -1.07. The largest absolute Gasteiger partial charge is 0.480 e. The van der Waals surface area contributed by atoms with Crippen LogP contribution in [-0.4, -0.2) is 53.3 Å². The monoisotopic (exact) mass is 470 g/mol. The van der Waals surface area contributed by atoms with Gasteiger partial charge in [0.15, 0.2) is 0 Å². The van der Waals surface area contributed by atoms with Gasteiger partial charge in [-0.1, -0.05) is 48.5 Å². The van der Waals surface area contributed by atoms with Gasteiger partial charge in [-0.25, -0.2) is 9.59 Å². The summed E-state index contributed by atoms with van der Waals surface area (Å²) < 4.78 is 5.55. The molecule has 0 aliphatic heterocycles. The van der Waals surface area contributed by atoms with Crippen molar-refractivity contribution in [1.29, 1.82) is 0 Å². The summed E-state index contributed by atoms with van der Waals surface area (Å²) in [6.07, 6.45) is 1.53. The highest BCUT2D eigenvalue weighted by atomic mass is 32.2. The molecule has 1 atom stereocenters. The summed E-state index contributed by atoms with van der Waals surface area (Å²) >= 11 is 1.52. The van der Waals surface area contributed by atoms with Crippen LogP contribution in [0.4, 0.5) is 4.79 Å². The SMILES string of the molecule is CSCCC(NC(=O)CC(C)(C)NC(=O)OCC1c2ccccc2-c2ccccc21)C(=O)O. The molecule has 0 saturated carbocycles. The minimum Gasteiger partial charge on any atom is -0.480 e. The van der Waals surface area contributed by atoms with Gasteiger partial charge in [0.2, 0.25) is 5.91 Å². The van der Waals surface area contributed by atoms with Crippen LogP contribution in [0.25, 0.3) is 11.1 Å². The Labute approximate surface area is 198 Å². The van der Waals surface area contributed by atoms with Crippen molar-refractivity contribution in [1.82, 2.24) is 10.6 Å². The van der Waals surface area contributed by atoms with Gasteiger partial charge < -0.3 is 20.5 Å². The first-order chi connectivity index (χ1) is 15.7. The van der Waals surface area contributed by atoms with E-state index in [4.69, 9.17) is 4.74 Å². The molecule has 2 aromatic rings. The van der Waals surface area contributed by atoms with Crippen molar-refractivity contribution in [3.8, 4) is 11.1 Å². The summed E-state index contributed by atoms with van der Waals surface area (Å²) in [6.45, 7) is 3.58. The van der Waals surface area contributed by atoms with Gasteiger partial charge in [0.05, 0.1) is 0 Å². The Morgan fingerprint density at radius 1 is 1.06 bits per heavy atom. The van der Waals surface area contributed by atoms with E-state index >= 15 is 0 Å². The van der Waals surface area contributed by atoms with Crippen molar-refractivity contribution in [2.45, 2.75) is 44.2 Å². The molecular formula is C25H30N2O5S. The van der Waals surface area contributed by atoms with E-state index in [1.807, 2.05) is 42.7 Å². The predicted molar refractivity (Wildman–Crippen MR) is 129 cm³/mol. The first-order valence-corrected chi connectivity index (χ1v) is 12.3. The maximum atomic E-state index is 12.5. The maximum absolute atomic E-state index is 12.5. The molecule has 33 heavy (non-hydrogen) atoms. The molecule has 176 valence electrons. The van der Waals surface area contributed by atoms with Crippen LogP contribution in [0.3, 0.4) is 0 Å². The molecule has 0 saturated heterocycles. The van der Waals surface area contributed by atoms with E-state index in [0.717, 1.165) is 22.3 Å². The van der Waals surface area contributed by atoms with Crippen molar-refractivity contribution in [2.75, 3.05) is 18.6 Å². The van der Waals surface area contributed by atoms with Gasteiger partial charge >= 0.3 is 12.1 Å². The molecule has 3 N–H and O–H groups in total. The number of alkyl carbamates (subject to hydrolysis) is 1. The Morgan fingerprint density at radius 2 is 1.64 bits per heavy atom. The average molecular weight is 471 g/mol. The fourth-order valence-corrected chi connectivity index (χ4v) is 4.57. The molecule has 1 aliphatic carbocycles. The lowest BCUT2D eigenvalue weighted by atomic mass is 9.98. The van der Waals surface area contributed by atoms with E-state index in [1.54, 1.807) is 13.8 Å². The van der Waals surface area contributed by atoms with E-state index in [2.05, 4.69) is 22.8 Å². The second-order valence-electron chi connectivity index (χ2n) is 8.75. The number of carbonyl (C=O) groups is 3. The van der Waals surface area contributed by atoms with Crippen LogP contribution in [0.2, 0.25) is 0 Å². The highest BCUT2D eigenvalue weighted by molar-refractivity contribution is 7.98. The van der Waals surface area contributed by atoms with Crippen LogP contribution < -0.4 is 10.6 Å². The van der Waals surface area contributed by atoms with Crippen molar-refractivity contribution in [2.24, 2.45) is 0 Å². The van der Waals surface area contributed by atoms with E-state index < -0.39 is 29.6 Å². The number of carboxylic acid groups (broad SMARTS) is 1. The number of carbonyl (C=O) groups excluding carboxylic acids is 2. The molecule has 0 aromatic heterocycles. The number of rotatable bonds is 10. The molecule has 2 aromatic carbocycles. The summed E-state index contributed by atoms with van der Waals surface area (Å²) in [5.74, 6) is -0.937. The third-order valence-corrected chi connectivity index (χ3v) is 6.27. The fraction of sp³-hybridized carbons (Fsp3) is 0.400. The lowest BCUT2D eigenvalue weighted by Gasteiger charge is -2.26. The summed E-state index contributed by atoms with van der Waals surface area (Å²) in [6, 6.07) is 15.2. The summed E-state index contributed by atoms with van der Waals surface area (Å²) in [5, 5.41) is 14.6. The lowest BCUT2D eigenvalue weighted by Crippen LogP contribution is -2.49. The summed E-state index contributed by atoms with van der Waals surface area (Å²) in [7, 11) is 0. The third kappa shape index (κ3) is 6.28. The number of nitrogens with one attached hydrogen (secondary N) is 2. The zero-order chi connectivity index (χ0) is 24.0. The number of hydrogen-bond donors (Lipinski definition) is 3. The highest BCUT2D eigenvalue weighted by Crippen LogP contribution is 2.44. The Balaban J connectivity index is 1.56. The highest BCUT2D eigenvalue weighted by Gasteiger charge is 2.31. The zero-order valence-corrected chi connectivity index (χ0v) is 19.9. The van der Waals surface area contributed by atoms with Crippen LogP contribution in [0.5, 0.6) is 0 Å². The molecule has 1 aliphatic rings. The second kappa shape index (κ2) is 10.7. The number of hydrogen-bond acceptors (Lipinski definition) is 5. The number of benzene rings is 2. The molecule has 7 nitrogen and oxygen atoms in total. The standard InChI is InChI=1S/C25H30N2O5S/c1-25(2,14-22(28)26-21(23(29)30)12-13-33-3)27-24(31)32-15-20-18-10-6-4-8-16(18)17-9-5-7-11-19(17)20/h4-11,20-21H,12-15H2,1-3H3,(H,26,28)(H,27,31)(H,29,30). The van der Waals surface area contributed by atoms with Gasteiger partial charge in [0.25, 0.3) is 0 Å². The van der Waals surface area contributed by atoms with Crippen molar-refractivity contribution in [3.05, 3.63) is 59.7 Å². The van der Waals surface area contributed by atoms with Gasteiger partial charge in [0.1, 0.15) is 12.6 Å². The Morgan fingerprint density at radius 3 is 2.18 bits per heavy atom. The normalized spacial score (nSPS) is 13.5. The quantitative estimate of drug-likeness (QED) is 0.485. The molecule has 8 heteroatoms. The molecule has 0 fully saturated rings. The number of aliphatic carboxylic acids is 1. The van der Waals surface area contributed by atoms with Crippen LogP contribution in [-0.2, 0) is 14.3 Å². The van der Waals surface area contributed by atoms with Gasteiger partial charge in [-0.2, -0.15) is 11.8 Å². The van der Waals surface area contributed by atoms with E-state index in [1.165, 1.54) is 11.8 Å². The number of ether oxygens (including phenoxy) is 1.